The Balaban J connectivity index is 2.25. The number of carbonyl (C=O) groups is 5. The molecular formula is C33H54N8O9. The maximum atomic E-state index is 13.6. The third kappa shape index (κ3) is 16.4. The molecule has 0 radical (unpaired) electrons. The summed E-state index contributed by atoms with van der Waals surface area (Å²) in [6.07, 6.45) is 8.17. The van der Waals surface area contributed by atoms with Gasteiger partial charge in [-0.2, -0.15) is 0 Å². The van der Waals surface area contributed by atoms with Crippen molar-refractivity contribution in [1.82, 2.24) is 33.8 Å². The second kappa shape index (κ2) is 19.2. The summed E-state index contributed by atoms with van der Waals surface area (Å²) in [5, 5.41) is 18.3. The zero-order valence-corrected chi connectivity index (χ0v) is 30.3. The van der Waals surface area contributed by atoms with Crippen molar-refractivity contribution in [3.05, 3.63) is 36.4 Å². The van der Waals surface area contributed by atoms with E-state index in [-0.39, 0.29) is 19.6 Å². The van der Waals surface area contributed by atoms with Crippen molar-refractivity contribution in [3.63, 3.8) is 0 Å². The number of carbonyl (C=O) groups excluding carboxylic acids is 3. The third-order valence-electron chi connectivity index (χ3n) is 7.16. The lowest BCUT2D eigenvalue weighted by molar-refractivity contribution is -0.164. The molecule has 2 rings (SSSR count). The Morgan fingerprint density at radius 1 is 0.820 bits per heavy atom. The maximum absolute atomic E-state index is 13.6. The van der Waals surface area contributed by atoms with Crippen LogP contribution in [0.15, 0.2) is 24.8 Å². The molecule has 0 aliphatic heterocycles. The number of rotatable bonds is 21. The number of unbranched alkanes of at least 4 members (excludes halogenated alkanes) is 1. The van der Waals surface area contributed by atoms with Crippen LogP contribution < -0.4 is 5.73 Å². The number of aromatic nitrogens is 4. The number of amides is 1. The fraction of sp³-hybridized carbons (Fsp3) is 0.667. The van der Waals surface area contributed by atoms with E-state index in [4.69, 9.17) is 25.4 Å². The number of nitrogens with two attached hydrogens (primary N) is 1. The molecule has 17 nitrogen and oxygen atoms in total. The van der Waals surface area contributed by atoms with Crippen LogP contribution in [0.1, 0.15) is 72.5 Å². The lowest BCUT2D eigenvalue weighted by atomic mass is 10.1. The Morgan fingerprint density at radius 3 is 1.84 bits per heavy atom. The summed E-state index contributed by atoms with van der Waals surface area (Å²) in [6.45, 7) is 11.2. The van der Waals surface area contributed by atoms with Crippen LogP contribution in [0.2, 0.25) is 0 Å². The number of hydrogen-bond acceptors (Lipinski definition) is 12. The van der Waals surface area contributed by atoms with Gasteiger partial charge in [-0.25, -0.2) is 9.97 Å². The standard InChI is InChI=1S/C33H54N8O9/c1-32(2,3)49-29(45)22-41(23-30(46)50-33(4,5)6)27(42)20-40-15-12-36-26(40)19-38(13-9-8-10-24(34)31(47)48)18-25-35-11-14-39(25)17-16-37(7)21-28(43)44/h11-12,14-15,24H,8-10,13,16-23,34H2,1-7H3,(H,43,44)(H,47,48)/t24-/m0/s1. The van der Waals surface area contributed by atoms with Gasteiger partial charge in [0.1, 0.15) is 48.5 Å². The molecule has 1 amide bonds. The molecule has 0 aliphatic carbocycles. The van der Waals surface area contributed by atoms with E-state index in [2.05, 4.69) is 14.9 Å². The molecule has 0 aliphatic rings. The van der Waals surface area contributed by atoms with Crippen LogP contribution >= 0.6 is 0 Å². The molecule has 0 fully saturated rings. The number of imidazole rings is 2. The average Bonchev–Trinajstić information content (AvgIpc) is 3.59. The lowest BCUT2D eigenvalue weighted by Gasteiger charge is -2.27. The van der Waals surface area contributed by atoms with Crippen molar-refractivity contribution < 1.29 is 43.7 Å². The predicted octanol–water partition coefficient (Wildman–Crippen LogP) is 1.19. The molecule has 1 atom stereocenters. The average molecular weight is 707 g/mol. The smallest absolute Gasteiger partial charge is 0.326 e. The Kier molecular flexibility index (Phi) is 16.0. The summed E-state index contributed by atoms with van der Waals surface area (Å²) in [6, 6.07) is -0.959. The molecule has 17 heteroatoms. The van der Waals surface area contributed by atoms with Gasteiger partial charge >= 0.3 is 23.9 Å². The first kappa shape index (κ1) is 41.8. The minimum atomic E-state index is -1.06. The molecular weight excluding hydrogens is 652 g/mol. The fourth-order valence-corrected chi connectivity index (χ4v) is 4.89. The van der Waals surface area contributed by atoms with Gasteiger partial charge in [0.15, 0.2) is 0 Å². The van der Waals surface area contributed by atoms with Crippen molar-refractivity contribution in [3.8, 4) is 0 Å². The first-order chi connectivity index (χ1) is 23.2. The largest absolute Gasteiger partial charge is 0.480 e. The molecule has 0 bridgehead atoms. The van der Waals surface area contributed by atoms with E-state index in [0.717, 1.165) is 10.7 Å². The summed E-state index contributed by atoms with van der Waals surface area (Å²) < 4.78 is 14.4. The highest BCUT2D eigenvalue weighted by Crippen LogP contribution is 2.14. The molecule has 0 aromatic carbocycles. The SMILES string of the molecule is CN(CCn1ccnc1CN(CCCC[C@H](N)C(=O)O)Cc1nccn1CC(=O)N(CC(=O)OC(C)(C)C)CC(=O)OC(C)(C)C)CC(=O)O. The van der Waals surface area contributed by atoms with Crippen molar-refractivity contribution in [2.45, 2.75) is 104 Å². The summed E-state index contributed by atoms with van der Waals surface area (Å²) in [7, 11) is 1.72. The fourth-order valence-electron chi connectivity index (χ4n) is 4.89. The Labute approximate surface area is 293 Å². The van der Waals surface area contributed by atoms with E-state index in [0.29, 0.717) is 51.3 Å². The zero-order valence-electron chi connectivity index (χ0n) is 30.3. The van der Waals surface area contributed by atoms with Crippen LogP contribution in [0.5, 0.6) is 0 Å². The van der Waals surface area contributed by atoms with Gasteiger partial charge in [0.2, 0.25) is 5.91 Å². The molecule has 280 valence electrons. The van der Waals surface area contributed by atoms with Crippen molar-refractivity contribution in [1.29, 1.82) is 0 Å². The van der Waals surface area contributed by atoms with Gasteiger partial charge in [-0.15, -0.1) is 0 Å². The first-order valence-corrected chi connectivity index (χ1v) is 16.5. The van der Waals surface area contributed by atoms with Gasteiger partial charge in [-0.1, -0.05) is 6.42 Å². The molecule has 2 heterocycles. The second-order valence-corrected chi connectivity index (χ2v) is 14.2. The van der Waals surface area contributed by atoms with Crippen LogP contribution in [-0.2, 0) is 59.6 Å². The van der Waals surface area contributed by atoms with E-state index >= 15 is 0 Å². The highest BCUT2D eigenvalue weighted by Gasteiger charge is 2.27. The summed E-state index contributed by atoms with van der Waals surface area (Å²) >= 11 is 0. The number of aliphatic carboxylic acids is 2. The number of nitrogens with zero attached hydrogens (tertiary/aromatic N) is 7. The molecule has 0 unspecified atom stereocenters. The molecule has 50 heavy (non-hydrogen) atoms. The highest BCUT2D eigenvalue weighted by molar-refractivity contribution is 5.86. The van der Waals surface area contributed by atoms with Crippen molar-refractivity contribution in [2.24, 2.45) is 5.73 Å². The first-order valence-electron chi connectivity index (χ1n) is 16.5. The van der Waals surface area contributed by atoms with Gasteiger partial charge in [0.25, 0.3) is 0 Å². The molecule has 4 N–H and O–H groups in total. The van der Waals surface area contributed by atoms with E-state index in [9.17, 15) is 24.0 Å². The van der Waals surface area contributed by atoms with Gasteiger partial charge in [0.05, 0.1) is 19.6 Å². The minimum absolute atomic E-state index is 0.0943. The number of carboxylic acid groups (broad SMARTS) is 2. The van der Waals surface area contributed by atoms with Crippen molar-refractivity contribution >= 4 is 29.8 Å². The molecule has 2 aromatic heterocycles. The maximum Gasteiger partial charge on any atom is 0.326 e. The van der Waals surface area contributed by atoms with Crippen LogP contribution in [0.3, 0.4) is 0 Å². The van der Waals surface area contributed by atoms with Crippen LogP contribution in [0.25, 0.3) is 0 Å². The van der Waals surface area contributed by atoms with Crippen LogP contribution in [0.4, 0.5) is 0 Å². The molecule has 0 saturated heterocycles. The Morgan fingerprint density at radius 2 is 1.34 bits per heavy atom. The van der Waals surface area contributed by atoms with Crippen molar-refractivity contribution in [2.75, 3.05) is 39.8 Å². The monoisotopic (exact) mass is 706 g/mol. The third-order valence-corrected chi connectivity index (χ3v) is 7.16. The summed E-state index contributed by atoms with van der Waals surface area (Å²) in [5.41, 5.74) is 4.11. The second-order valence-electron chi connectivity index (χ2n) is 14.2. The van der Waals surface area contributed by atoms with E-state index < -0.39 is 60.1 Å². The number of carboxylic acids is 2. The Bertz CT molecular complexity index is 1400. The molecule has 2 aromatic rings. The number of likely N-dealkylation sites (N-methyl/N-ethyl adjacent to an activating group) is 1. The van der Waals surface area contributed by atoms with Gasteiger partial charge in [-0.3, -0.25) is 33.8 Å². The minimum Gasteiger partial charge on any atom is -0.480 e. The van der Waals surface area contributed by atoms with Gasteiger partial charge in [0, 0.05) is 37.9 Å². The quantitative estimate of drug-likeness (QED) is 0.123. The number of hydrogen-bond donors (Lipinski definition) is 3. The highest BCUT2D eigenvalue weighted by atomic mass is 16.6. The normalized spacial score (nSPS) is 12.6. The van der Waals surface area contributed by atoms with E-state index in [1.807, 2.05) is 10.8 Å². The number of ether oxygens (including phenoxy) is 2. The summed E-state index contributed by atoms with van der Waals surface area (Å²) in [5.74, 6) is -2.57. The lowest BCUT2D eigenvalue weighted by Crippen LogP contribution is -2.44. The topological polar surface area (TPSA) is 216 Å². The summed E-state index contributed by atoms with van der Waals surface area (Å²) in [4.78, 5) is 75.1. The van der Waals surface area contributed by atoms with E-state index in [1.165, 1.54) is 0 Å². The van der Waals surface area contributed by atoms with Crippen LogP contribution in [-0.4, -0.2) is 131 Å². The van der Waals surface area contributed by atoms with Gasteiger partial charge < -0.3 is 39.5 Å². The van der Waals surface area contributed by atoms with Gasteiger partial charge in [-0.05, 0) is 68.0 Å². The van der Waals surface area contributed by atoms with Crippen LogP contribution in [0, 0.1) is 0 Å². The molecule has 0 spiro atoms. The predicted molar refractivity (Wildman–Crippen MR) is 181 cm³/mol. The zero-order chi connectivity index (χ0) is 37.6. The number of esters is 2. The van der Waals surface area contributed by atoms with E-state index in [1.54, 1.807) is 76.6 Å². The molecule has 0 saturated carbocycles. The Hall–Kier alpha value is -4.35.